The molecule has 5 N–H and O–H groups in total. The highest BCUT2D eigenvalue weighted by Crippen LogP contribution is 2.21. The van der Waals surface area contributed by atoms with Crippen LogP contribution >= 0.6 is 0 Å². The zero-order valence-corrected chi connectivity index (χ0v) is 22.6. The second-order valence-corrected chi connectivity index (χ2v) is 11.0. The van der Waals surface area contributed by atoms with Crippen molar-refractivity contribution < 1.29 is 29.4 Å². The van der Waals surface area contributed by atoms with Gasteiger partial charge in [-0.05, 0) is 52.0 Å². The number of aliphatic hydroxyl groups excluding tert-OH is 2. The SMILES string of the molecule is C[C@H](O)[C@H](O)CCCCC[C@@H]1NC(=O)[C@H]2CCCN2C(=O)[C@H](Cc2ccccc2)NC(=O)C(C)(C)NC1=O. The highest BCUT2D eigenvalue weighted by atomic mass is 16.3. The number of nitrogens with one attached hydrogen (secondary N) is 3. The molecular formula is C28H42N4O6. The topological polar surface area (TPSA) is 148 Å². The van der Waals surface area contributed by atoms with E-state index in [1.54, 1.807) is 13.8 Å². The second kappa shape index (κ2) is 13.2. The van der Waals surface area contributed by atoms with Gasteiger partial charge in [0, 0.05) is 13.0 Å². The number of hydrogen-bond donors (Lipinski definition) is 5. The van der Waals surface area contributed by atoms with Gasteiger partial charge in [-0.2, -0.15) is 0 Å². The standard InChI is InChI=1S/C28H42N4O6/c1-18(33)23(34)15-9-5-8-13-20-24(35)31-28(2,3)27(38)30-21(17-19-11-6-4-7-12-19)26(37)32-16-10-14-22(32)25(36)29-20/h4,6-7,11-12,18,20-23,33-34H,5,8-10,13-17H2,1-3H3,(H,29,36)(H,30,38)(H,31,35)/t18-,20-,21-,22+,23+/m0/s1. The van der Waals surface area contributed by atoms with Crippen LogP contribution in [-0.4, -0.2) is 81.2 Å². The summed E-state index contributed by atoms with van der Waals surface area (Å²) in [5.41, 5.74) is -0.443. The molecule has 0 bridgehead atoms. The molecule has 10 nitrogen and oxygen atoms in total. The molecule has 2 saturated heterocycles. The van der Waals surface area contributed by atoms with Crippen LogP contribution in [0.1, 0.15) is 71.3 Å². The lowest BCUT2D eigenvalue weighted by atomic mass is 9.98. The lowest BCUT2D eigenvalue weighted by Crippen LogP contribution is -2.64. The Kier molecular flexibility index (Phi) is 10.3. The molecule has 0 radical (unpaired) electrons. The smallest absolute Gasteiger partial charge is 0.246 e. The first-order chi connectivity index (χ1) is 18.0. The Morgan fingerprint density at radius 3 is 2.37 bits per heavy atom. The van der Waals surface area contributed by atoms with Gasteiger partial charge in [-0.15, -0.1) is 0 Å². The van der Waals surface area contributed by atoms with Crippen LogP contribution in [0.5, 0.6) is 0 Å². The summed E-state index contributed by atoms with van der Waals surface area (Å²) in [6.45, 7) is 5.09. The minimum absolute atomic E-state index is 0.270. The van der Waals surface area contributed by atoms with Crippen molar-refractivity contribution in [3.05, 3.63) is 35.9 Å². The van der Waals surface area contributed by atoms with Gasteiger partial charge in [0.15, 0.2) is 0 Å². The van der Waals surface area contributed by atoms with E-state index in [0.717, 1.165) is 5.56 Å². The lowest BCUT2D eigenvalue weighted by molar-refractivity contribution is -0.144. The molecule has 2 aliphatic rings. The maximum atomic E-state index is 13.6. The molecule has 2 aliphatic heterocycles. The molecule has 0 spiro atoms. The minimum atomic E-state index is -1.32. The molecular weight excluding hydrogens is 488 g/mol. The van der Waals surface area contributed by atoms with Crippen LogP contribution < -0.4 is 16.0 Å². The van der Waals surface area contributed by atoms with Crippen molar-refractivity contribution in [2.45, 2.75) is 108 Å². The van der Waals surface area contributed by atoms with Crippen LogP contribution in [0.15, 0.2) is 30.3 Å². The fraction of sp³-hybridized carbons (Fsp3) is 0.643. The van der Waals surface area contributed by atoms with E-state index >= 15 is 0 Å². The van der Waals surface area contributed by atoms with Crippen LogP contribution in [0.4, 0.5) is 0 Å². The Morgan fingerprint density at radius 2 is 1.68 bits per heavy atom. The highest BCUT2D eigenvalue weighted by Gasteiger charge is 2.42. The van der Waals surface area contributed by atoms with Crippen molar-refractivity contribution >= 4 is 23.6 Å². The van der Waals surface area contributed by atoms with Crippen LogP contribution in [0.3, 0.4) is 0 Å². The van der Waals surface area contributed by atoms with Crippen LogP contribution in [-0.2, 0) is 25.6 Å². The zero-order valence-electron chi connectivity index (χ0n) is 22.6. The van der Waals surface area contributed by atoms with E-state index < -0.39 is 47.7 Å². The molecule has 2 heterocycles. The summed E-state index contributed by atoms with van der Waals surface area (Å²) in [4.78, 5) is 55.1. The van der Waals surface area contributed by atoms with E-state index in [1.807, 2.05) is 30.3 Å². The maximum Gasteiger partial charge on any atom is 0.246 e. The quantitative estimate of drug-likeness (QED) is 0.298. The second-order valence-electron chi connectivity index (χ2n) is 11.0. The first-order valence-electron chi connectivity index (χ1n) is 13.6. The van der Waals surface area contributed by atoms with Crippen molar-refractivity contribution in [3.8, 4) is 0 Å². The fourth-order valence-corrected chi connectivity index (χ4v) is 5.00. The normalized spacial score (nSPS) is 25.8. The summed E-state index contributed by atoms with van der Waals surface area (Å²) >= 11 is 0. The van der Waals surface area contributed by atoms with Gasteiger partial charge in [0.05, 0.1) is 12.2 Å². The minimum Gasteiger partial charge on any atom is -0.391 e. The Balaban J connectivity index is 1.77. The van der Waals surface area contributed by atoms with Gasteiger partial charge in [0.1, 0.15) is 23.7 Å². The number of rotatable bonds is 9. The number of fused-ring (bicyclic) bond motifs is 1. The lowest BCUT2D eigenvalue weighted by Gasteiger charge is -2.34. The summed E-state index contributed by atoms with van der Waals surface area (Å²) in [6.07, 6.45) is 2.56. The summed E-state index contributed by atoms with van der Waals surface area (Å²) < 4.78 is 0. The summed E-state index contributed by atoms with van der Waals surface area (Å²) in [7, 11) is 0. The van der Waals surface area contributed by atoms with E-state index in [4.69, 9.17) is 0 Å². The maximum absolute atomic E-state index is 13.6. The van der Waals surface area contributed by atoms with Gasteiger partial charge in [-0.3, -0.25) is 19.2 Å². The molecule has 0 unspecified atom stereocenters. The van der Waals surface area contributed by atoms with Crippen LogP contribution in [0.25, 0.3) is 0 Å². The molecule has 4 amide bonds. The molecule has 210 valence electrons. The average Bonchev–Trinajstić information content (AvgIpc) is 3.36. The van der Waals surface area contributed by atoms with Crippen molar-refractivity contribution in [1.29, 1.82) is 0 Å². The molecule has 3 rings (SSSR count). The molecule has 1 aromatic carbocycles. The molecule has 38 heavy (non-hydrogen) atoms. The third-order valence-corrected chi connectivity index (χ3v) is 7.41. The van der Waals surface area contributed by atoms with E-state index in [9.17, 15) is 29.4 Å². The predicted molar refractivity (Wildman–Crippen MR) is 142 cm³/mol. The zero-order chi connectivity index (χ0) is 27.9. The number of amides is 4. The van der Waals surface area contributed by atoms with Gasteiger partial charge in [0.2, 0.25) is 23.6 Å². The largest absolute Gasteiger partial charge is 0.391 e. The summed E-state index contributed by atoms with van der Waals surface area (Å²) in [6, 6.07) is 6.92. The third kappa shape index (κ3) is 7.77. The van der Waals surface area contributed by atoms with Crippen molar-refractivity contribution in [3.63, 3.8) is 0 Å². The molecule has 0 saturated carbocycles. The van der Waals surface area contributed by atoms with Gasteiger partial charge in [-0.1, -0.05) is 49.6 Å². The first kappa shape index (κ1) is 29.6. The van der Waals surface area contributed by atoms with E-state index in [1.165, 1.54) is 11.8 Å². The summed E-state index contributed by atoms with van der Waals surface area (Å²) in [5.74, 6) is -1.62. The molecule has 1 aromatic rings. The van der Waals surface area contributed by atoms with Gasteiger partial charge < -0.3 is 31.1 Å². The Hall–Kier alpha value is -2.98. The number of benzene rings is 1. The number of unbranched alkanes of at least 4 members (excludes halogenated alkanes) is 2. The Labute approximate surface area is 224 Å². The number of hydrogen-bond acceptors (Lipinski definition) is 6. The van der Waals surface area contributed by atoms with Crippen molar-refractivity contribution in [2.75, 3.05) is 6.54 Å². The number of aliphatic hydroxyl groups is 2. The van der Waals surface area contributed by atoms with Gasteiger partial charge in [0.25, 0.3) is 0 Å². The molecule has 10 heteroatoms. The van der Waals surface area contributed by atoms with E-state index in [0.29, 0.717) is 51.5 Å². The van der Waals surface area contributed by atoms with Crippen molar-refractivity contribution in [2.24, 2.45) is 0 Å². The molecule has 0 aliphatic carbocycles. The monoisotopic (exact) mass is 530 g/mol. The fourth-order valence-electron chi connectivity index (χ4n) is 5.00. The van der Waals surface area contributed by atoms with Crippen molar-refractivity contribution in [1.82, 2.24) is 20.9 Å². The number of nitrogens with zero attached hydrogens (tertiary/aromatic N) is 1. The molecule has 0 aromatic heterocycles. The highest BCUT2D eigenvalue weighted by molar-refractivity contribution is 5.99. The predicted octanol–water partition coefficient (Wildman–Crippen LogP) is 0.790. The van der Waals surface area contributed by atoms with Gasteiger partial charge in [-0.25, -0.2) is 0 Å². The Morgan fingerprint density at radius 1 is 0.974 bits per heavy atom. The molecule has 2 fully saturated rings. The Bertz CT molecular complexity index is 983. The average molecular weight is 531 g/mol. The van der Waals surface area contributed by atoms with Crippen LogP contribution in [0.2, 0.25) is 0 Å². The molecule has 5 atom stereocenters. The van der Waals surface area contributed by atoms with E-state index in [2.05, 4.69) is 16.0 Å². The van der Waals surface area contributed by atoms with E-state index in [-0.39, 0.29) is 18.2 Å². The number of carbonyl (C=O) groups is 4. The summed E-state index contributed by atoms with van der Waals surface area (Å²) in [5, 5.41) is 27.7. The van der Waals surface area contributed by atoms with Gasteiger partial charge >= 0.3 is 0 Å². The van der Waals surface area contributed by atoms with Crippen LogP contribution in [0, 0.1) is 0 Å². The first-order valence-corrected chi connectivity index (χ1v) is 13.6. The third-order valence-electron chi connectivity index (χ3n) is 7.41. The number of carbonyl (C=O) groups excluding carboxylic acids is 4.